The van der Waals surface area contributed by atoms with Crippen LogP contribution in [-0.4, -0.2) is 59.7 Å². The molecule has 1 amide bonds. The summed E-state index contributed by atoms with van der Waals surface area (Å²) in [7, 11) is 0. The predicted octanol–water partition coefficient (Wildman–Crippen LogP) is 1.44. The van der Waals surface area contributed by atoms with Gasteiger partial charge in [-0.2, -0.15) is 11.8 Å². The number of hydrogen-bond acceptors (Lipinski definition) is 5. The second-order valence-electron chi connectivity index (χ2n) is 4.89. The highest BCUT2D eigenvalue weighted by Crippen LogP contribution is 2.22. The first-order chi connectivity index (χ1) is 9.83. The monoisotopic (exact) mass is 294 g/mol. The molecule has 1 unspecified atom stereocenters. The summed E-state index contributed by atoms with van der Waals surface area (Å²) < 4.78 is 11.1. The molecule has 0 saturated carbocycles. The van der Waals surface area contributed by atoms with E-state index in [9.17, 15) is 4.79 Å². The molecule has 1 atom stereocenters. The van der Waals surface area contributed by atoms with Gasteiger partial charge in [0, 0.05) is 36.7 Å². The second-order valence-corrected chi connectivity index (χ2v) is 6.04. The fourth-order valence-corrected chi connectivity index (χ4v) is 3.43. The SMILES string of the molecule is O=C(c1ccnc(OC2CCSC2)c1)N1CCOCC1. The number of carbonyl (C=O) groups is 1. The molecule has 3 heterocycles. The van der Waals surface area contributed by atoms with Crippen LogP contribution < -0.4 is 4.74 Å². The minimum atomic E-state index is 0.0290. The predicted molar refractivity (Wildman–Crippen MR) is 77.3 cm³/mol. The maximum atomic E-state index is 12.4. The maximum absolute atomic E-state index is 12.4. The van der Waals surface area contributed by atoms with Crippen LogP contribution in [-0.2, 0) is 4.74 Å². The van der Waals surface area contributed by atoms with E-state index < -0.39 is 0 Å². The van der Waals surface area contributed by atoms with Crippen molar-refractivity contribution in [2.75, 3.05) is 37.8 Å². The van der Waals surface area contributed by atoms with Gasteiger partial charge >= 0.3 is 0 Å². The number of thioether (sulfide) groups is 1. The van der Waals surface area contributed by atoms with Crippen molar-refractivity contribution in [1.82, 2.24) is 9.88 Å². The Bertz CT molecular complexity index is 471. The molecular formula is C14H18N2O3S. The van der Waals surface area contributed by atoms with E-state index in [4.69, 9.17) is 9.47 Å². The fraction of sp³-hybridized carbons (Fsp3) is 0.571. The third-order valence-corrected chi connectivity index (χ3v) is 4.59. The molecule has 2 aliphatic heterocycles. The topological polar surface area (TPSA) is 51.7 Å². The zero-order chi connectivity index (χ0) is 13.8. The van der Waals surface area contributed by atoms with Crippen molar-refractivity contribution in [2.24, 2.45) is 0 Å². The Labute approximate surface area is 122 Å². The number of pyridine rings is 1. The normalized spacial score (nSPS) is 22.8. The largest absolute Gasteiger partial charge is 0.473 e. The first-order valence-corrected chi connectivity index (χ1v) is 8.06. The number of amides is 1. The van der Waals surface area contributed by atoms with E-state index in [1.807, 2.05) is 16.7 Å². The van der Waals surface area contributed by atoms with Gasteiger partial charge in [0.2, 0.25) is 5.88 Å². The average molecular weight is 294 g/mol. The highest BCUT2D eigenvalue weighted by atomic mass is 32.2. The van der Waals surface area contributed by atoms with Crippen molar-refractivity contribution in [1.29, 1.82) is 0 Å². The van der Waals surface area contributed by atoms with Gasteiger partial charge in [0.1, 0.15) is 6.10 Å². The van der Waals surface area contributed by atoms with Gasteiger partial charge < -0.3 is 14.4 Å². The summed E-state index contributed by atoms with van der Waals surface area (Å²) >= 11 is 1.89. The van der Waals surface area contributed by atoms with E-state index in [1.54, 1.807) is 18.3 Å². The molecule has 5 nitrogen and oxygen atoms in total. The lowest BCUT2D eigenvalue weighted by atomic mass is 10.2. The summed E-state index contributed by atoms with van der Waals surface area (Å²) in [6.45, 7) is 2.52. The first-order valence-electron chi connectivity index (χ1n) is 6.90. The smallest absolute Gasteiger partial charge is 0.254 e. The van der Waals surface area contributed by atoms with Crippen LogP contribution in [0.15, 0.2) is 18.3 Å². The maximum Gasteiger partial charge on any atom is 0.254 e. The van der Waals surface area contributed by atoms with Crippen molar-refractivity contribution >= 4 is 17.7 Å². The number of hydrogen-bond donors (Lipinski definition) is 0. The van der Waals surface area contributed by atoms with Crippen molar-refractivity contribution in [3.05, 3.63) is 23.9 Å². The summed E-state index contributed by atoms with van der Waals surface area (Å²) in [5.41, 5.74) is 0.641. The molecule has 20 heavy (non-hydrogen) atoms. The molecule has 3 rings (SSSR count). The lowest BCUT2D eigenvalue weighted by Gasteiger charge is -2.26. The van der Waals surface area contributed by atoms with E-state index in [0.29, 0.717) is 37.7 Å². The van der Waals surface area contributed by atoms with Crippen LogP contribution in [0.4, 0.5) is 0 Å². The molecule has 0 spiro atoms. The van der Waals surface area contributed by atoms with E-state index in [-0.39, 0.29) is 12.0 Å². The lowest BCUT2D eigenvalue weighted by Crippen LogP contribution is -2.40. The van der Waals surface area contributed by atoms with Crippen LogP contribution in [0.2, 0.25) is 0 Å². The van der Waals surface area contributed by atoms with Gasteiger partial charge in [0.15, 0.2) is 0 Å². The van der Waals surface area contributed by atoms with E-state index in [1.165, 1.54) is 0 Å². The number of carbonyl (C=O) groups excluding carboxylic acids is 1. The van der Waals surface area contributed by atoms with Crippen LogP contribution in [0.25, 0.3) is 0 Å². The first kappa shape index (κ1) is 13.7. The van der Waals surface area contributed by atoms with Crippen LogP contribution in [0.1, 0.15) is 16.8 Å². The van der Waals surface area contributed by atoms with Gasteiger partial charge in [-0.1, -0.05) is 0 Å². The molecule has 0 radical (unpaired) electrons. The van der Waals surface area contributed by atoms with Gasteiger partial charge in [-0.15, -0.1) is 0 Å². The highest BCUT2D eigenvalue weighted by molar-refractivity contribution is 7.99. The van der Waals surface area contributed by atoms with Gasteiger partial charge in [0.25, 0.3) is 5.91 Å². The summed E-state index contributed by atoms with van der Waals surface area (Å²) in [5, 5.41) is 0. The van der Waals surface area contributed by atoms with Gasteiger partial charge in [-0.25, -0.2) is 4.98 Å². The van der Waals surface area contributed by atoms with Crippen LogP contribution >= 0.6 is 11.8 Å². The van der Waals surface area contributed by atoms with E-state index in [2.05, 4.69) is 4.98 Å². The van der Waals surface area contributed by atoms with Gasteiger partial charge in [-0.05, 0) is 18.2 Å². The Morgan fingerprint density at radius 3 is 3.05 bits per heavy atom. The van der Waals surface area contributed by atoms with Crippen LogP contribution in [0.3, 0.4) is 0 Å². The molecule has 0 bridgehead atoms. The molecule has 1 aromatic heterocycles. The zero-order valence-electron chi connectivity index (χ0n) is 11.3. The molecule has 0 aromatic carbocycles. The third-order valence-electron chi connectivity index (χ3n) is 3.46. The quantitative estimate of drug-likeness (QED) is 0.844. The second kappa shape index (κ2) is 6.45. The van der Waals surface area contributed by atoms with Gasteiger partial charge in [0.05, 0.1) is 13.2 Å². The number of rotatable bonds is 3. The molecule has 6 heteroatoms. The van der Waals surface area contributed by atoms with Crippen molar-refractivity contribution in [3.8, 4) is 5.88 Å². The summed E-state index contributed by atoms with van der Waals surface area (Å²) in [4.78, 5) is 18.4. The molecule has 1 aromatic rings. The van der Waals surface area contributed by atoms with Crippen LogP contribution in [0.5, 0.6) is 5.88 Å². The molecule has 2 aliphatic rings. The Kier molecular flexibility index (Phi) is 4.42. The van der Waals surface area contributed by atoms with E-state index >= 15 is 0 Å². The minimum absolute atomic E-state index is 0.0290. The Morgan fingerprint density at radius 1 is 1.45 bits per heavy atom. The molecular weight excluding hydrogens is 276 g/mol. The summed E-state index contributed by atoms with van der Waals surface area (Å²) in [6, 6.07) is 3.49. The Balaban J connectivity index is 1.67. The van der Waals surface area contributed by atoms with Gasteiger partial charge in [-0.3, -0.25) is 4.79 Å². The lowest BCUT2D eigenvalue weighted by molar-refractivity contribution is 0.0302. The number of morpholine rings is 1. The molecule has 2 saturated heterocycles. The number of ether oxygens (including phenoxy) is 2. The number of aromatic nitrogens is 1. The zero-order valence-corrected chi connectivity index (χ0v) is 12.1. The summed E-state index contributed by atoms with van der Waals surface area (Å²) in [5.74, 6) is 2.72. The molecule has 2 fully saturated rings. The third kappa shape index (κ3) is 3.24. The Hall–Kier alpha value is -1.27. The molecule has 0 N–H and O–H groups in total. The van der Waals surface area contributed by atoms with Crippen molar-refractivity contribution in [3.63, 3.8) is 0 Å². The molecule has 0 aliphatic carbocycles. The van der Waals surface area contributed by atoms with Crippen LogP contribution in [0, 0.1) is 0 Å². The average Bonchev–Trinajstić information content (AvgIpc) is 3.01. The highest BCUT2D eigenvalue weighted by Gasteiger charge is 2.21. The standard InChI is InChI=1S/C14H18N2O3S/c17-14(16-4-6-18-7-5-16)11-1-3-15-13(9-11)19-12-2-8-20-10-12/h1,3,9,12H,2,4-8,10H2. The number of nitrogens with zero attached hydrogens (tertiary/aromatic N) is 2. The summed E-state index contributed by atoms with van der Waals surface area (Å²) in [6.07, 6.45) is 2.92. The van der Waals surface area contributed by atoms with E-state index in [0.717, 1.165) is 17.9 Å². The van der Waals surface area contributed by atoms with Crippen molar-refractivity contribution < 1.29 is 14.3 Å². The fourth-order valence-electron chi connectivity index (χ4n) is 2.33. The van der Waals surface area contributed by atoms with Crippen molar-refractivity contribution in [2.45, 2.75) is 12.5 Å². The Morgan fingerprint density at radius 2 is 2.30 bits per heavy atom. The molecule has 108 valence electrons. The minimum Gasteiger partial charge on any atom is -0.473 e.